The van der Waals surface area contributed by atoms with Gasteiger partial charge < -0.3 is 5.32 Å². The number of nitrogens with one attached hydrogen (secondary N) is 1. The maximum absolute atomic E-state index is 12.0. The molecule has 2 rings (SSSR count). The molecule has 1 aromatic carbocycles. The van der Waals surface area contributed by atoms with E-state index in [9.17, 15) is 4.79 Å². The summed E-state index contributed by atoms with van der Waals surface area (Å²) in [5.74, 6) is -0.0409. The van der Waals surface area contributed by atoms with Crippen molar-refractivity contribution < 1.29 is 4.79 Å². The fourth-order valence-electron chi connectivity index (χ4n) is 1.33. The van der Waals surface area contributed by atoms with Gasteiger partial charge in [0.2, 0.25) is 0 Å². The molecule has 0 aliphatic carbocycles. The van der Waals surface area contributed by atoms with Crippen LogP contribution in [-0.4, -0.2) is 10.9 Å². The Bertz CT molecular complexity index is 602. The van der Waals surface area contributed by atoms with Crippen molar-refractivity contribution >= 4 is 46.5 Å². The molecular weight excluding hydrogens is 295 g/mol. The first-order valence-corrected chi connectivity index (χ1v) is 6.07. The summed E-state index contributed by atoms with van der Waals surface area (Å²) in [5, 5.41) is 3.83. The van der Waals surface area contributed by atoms with Crippen molar-refractivity contribution in [2.24, 2.45) is 0 Å². The zero-order chi connectivity index (χ0) is 13.1. The quantitative estimate of drug-likeness (QED) is 0.899. The monoisotopic (exact) mass is 300 g/mol. The average Bonchev–Trinajstić information content (AvgIpc) is 2.32. The topological polar surface area (TPSA) is 42.0 Å². The summed E-state index contributed by atoms with van der Waals surface area (Å²) < 4.78 is 0. The highest BCUT2D eigenvalue weighted by Crippen LogP contribution is 2.22. The molecule has 92 valence electrons. The molecule has 0 atom stereocenters. The van der Waals surface area contributed by atoms with Crippen LogP contribution in [0, 0.1) is 0 Å². The normalized spacial score (nSPS) is 10.2. The lowest BCUT2D eigenvalue weighted by atomic mass is 10.2. The average molecular weight is 302 g/mol. The summed E-state index contributed by atoms with van der Waals surface area (Å²) in [6, 6.07) is 7.81. The number of carbonyl (C=O) groups excluding carboxylic acids is 1. The van der Waals surface area contributed by atoms with Gasteiger partial charge in [-0.2, -0.15) is 0 Å². The summed E-state index contributed by atoms with van der Waals surface area (Å²) in [4.78, 5) is 15.9. The number of hydrogen-bond acceptors (Lipinski definition) is 2. The van der Waals surface area contributed by atoms with E-state index in [0.29, 0.717) is 20.9 Å². The van der Waals surface area contributed by atoms with Crippen molar-refractivity contribution in [2.45, 2.75) is 0 Å². The fourth-order valence-corrected chi connectivity index (χ4v) is 1.86. The van der Waals surface area contributed by atoms with Crippen LogP contribution in [0.4, 0.5) is 5.82 Å². The van der Waals surface area contributed by atoms with Crippen LogP contribution < -0.4 is 5.32 Å². The molecule has 0 aliphatic rings. The highest BCUT2D eigenvalue weighted by molar-refractivity contribution is 6.36. The van der Waals surface area contributed by atoms with E-state index in [1.807, 2.05) is 0 Å². The number of rotatable bonds is 2. The van der Waals surface area contributed by atoms with Crippen molar-refractivity contribution in [1.82, 2.24) is 4.98 Å². The first kappa shape index (κ1) is 13.1. The second-order valence-electron chi connectivity index (χ2n) is 3.44. The maximum atomic E-state index is 12.0. The van der Waals surface area contributed by atoms with E-state index in [4.69, 9.17) is 34.8 Å². The molecule has 0 aliphatic heterocycles. The summed E-state index contributed by atoms with van der Waals surface area (Å²) in [5.41, 5.74) is 0.283. The van der Waals surface area contributed by atoms with Gasteiger partial charge in [0.1, 0.15) is 5.82 Å². The molecule has 1 heterocycles. The summed E-state index contributed by atoms with van der Waals surface area (Å²) in [6.07, 6.45) is 1.50. The summed E-state index contributed by atoms with van der Waals surface area (Å²) in [6.45, 7) is 0. The van der Waals surface area contributed by atoms with Crippen LogP contribution in [0.1, 0.15) is 10.4 Å². The van der Waals surface area contributed by atoms with E-state index in [1.54, 1.807) is 18.2 Å². The van der Waals surface area contributed by atoms with Gasteiger partial charge >= 0.3 is 0 Å². The highest BCUT2D eigenvalue weighted by Gasteiger charge is 2.11. The van der Waals surface area contributed by atoms with Crippen molar-refractivity contribution in [3.63, 3.8) is 0 Å². The van der Waals surface area contributed by atoms with Gasteiger partial charge in [-0.1, -0.05) is 34.8 Å². The molecule has 1 N–H and O–H groups in total. The number of nitrogens with zero attached hydrogens (tertiary/aromatic N) is 1. The Morgan fingerprint density at radius 3 is 2.50 bits per heavy atom. The van der Waals surface area contributed by atoms with Crippen molar-refractivity contribution in [3.05, 3.63) is 57.2 Å². The predicted molar refractivity (Wildman–Crippen MR) is 73.7 cm³/mol. The minimum Gasteiger partial charge on any atom is -0.306 e. The molecule has 1 aromatic heterocycles. The lowest BCUT2D eigenvalue weighted by Gasteiger charge is -2.06. The van der Waals surface area contributed by atoms with Crippen molar-refractivity contribution in [1.29, 1.82) is 0 Å². The smallest absolute Gasteiger partial charge is 0.258 e. The van der Waals surface area contributed by atoms with E-state index in [2.05, 4.69) is 10.3 Å². The Morgan fingerprint density at radius 1 is 1.06 bits per heavy atom. The molecule has 0 unspecified atom stereocenters. The molecule has 3 nitrogen and oxygen atoms in total. The molecule has 0 fully saturated rings. The second kappa shape index (κ2) is 5.57. The molecule has 18 heavy (non-hydrogen) atoms. The van der Waals surface area contributed by atoms with Gasteiger partial charge in [0.15, 0.2) is 0 Å². The third-order valence-corrected chi connectivity index (χ3v) is 2.94. The minimum atomic E-state index is -0.391. The van der Waals surface area contributed by atoms with Crippen LogP contribution in [0.5, 0.6) is 0 Å². The van der Waals surface area contributed by atoms with Crippen LogP contribution in [0.25, 0.3) is 0 Å². The Morgan fingerprint density at radius 2 is 1.78 bits per heavy atom. The fraction of sp³-hybridized carbons (Fsp3) is 0. The van der Waals surface area contributed by atoms with Crippen LogP contribution in [0.15, 0.2) is 36.5 Å². The number of benzene rings is 1. The molecule has 0 bridgehead atoms. The number of anilines is 1. The van der Waals surface area contributed by atoms with Crippen molar-refractivity contribution in [3.8, 4) is 0 Å². The lowest BCUT2D eigenvalue weighted by Crippen LogP contribution is -2.13. The molecule has 6 heteroatoms. The Kier molecular flexibility index (Phi) is 4.07. The predicted octanol–water partition coefficient (Wildman–Crippen LogP) is 4.29. The maximum Gasteiger partial charge on any atom is 0.258 e. The van der Waals surface area contributed by atoms with E-state index >= 15 is 0 Å². The van der Waals surface area contributed by atoms with E-state index in [0.717, 1.165) is 0 Å². The van der Waals surface area contributed by atoms with Crippen LogP contribution in [0.3, 0.4) is 0 Å². The highest BCUT2D eigenvalue weighted by atomic mass is 35.5. The van der Waals surface area contributed by atoms with Gasteiger partial charge in [-0.05, 0) is 30.3 Å². The summed E-state index contributed by atoms with van der Waals surface area (Å²) in [7, 11) is 0. The number of carbonyl (C=O) groups is 1. The minimum absolute atomic E-state index is 0.283. The van der Waals surface area contributed by atoms with Gasteiger partial charge in [-0.15, -0.1) is 0 Å². The number of aromatic nitrogens is 1. The van der Waals surface area contributed by atoms with Gasteiger partial charge in [-0.3, -0.25) is 4.79 Å². The molecular formula is C12H7Cl3N2O. The Balaban J connectivity index is 2.24. The second-order valence-corrected chi connectivity index (χ2v) is 4.72. The van der Waals surface area contributed by atoms with Crippen LogP contribution in [-0.2, 0) is 0 Å². The van der Waals surface area contributed by atoms with Crippen molar-refractivity contribution in [2.75, 3.05) is 5.32 Å². The molecule has 0 spiro atoms. The van der Waals surface area contributed by atoms with Crippen LogP contribution >= 0.6 is 34.8 Å². The van der Waals surface area contributed by atoms with E-state index in [-0.39, 0.29) is 5.56 Å². The zero-order valence-electron chi connectivity index (χ0n) is 8.95. The Labute approximate surface area is 119 Å². The molecule has 1 amide bonds. The molecule has 2 aromatic rings. The SMILES string of the molecule is O=C(Nc1cc(Cl)ccn1)c1cc(Cl)ccc1Cl. The van der Waals surface area contributed by atoms with Gasteiger partial charge in [0.05, 0.1) is 10.6 Å². The third-order valence-electron chi connectivity index (χ3n) is 2.14. The van der Waals surface area contributed by atoms with Gasteiger partial charge in [0.25, 0.3) is 5.91 Å². The molecule has 0 saturated carbocycles. The molecule has 0 saturated heterocycles. The number of pyridine rings is 1. The van der Waals surface area contributed by atoms with Crippen LogP contribution in [0.2, 0.25) is 15.1 Å². The van der Waals surface area contributed by atoms with Gasteiger partial charge in [0, 0.05) is 16.2 Å². The van der Waals surface area contributed by atoms with Gasteiger partial charge in [-0.25, -0.2) is 4.98 Å². The van der Waals surface area contributed by atoms with E-state index < -0.39 is 5.91 Å². The first-order valence-electron chi connectivity index (χ1n) is 4.94. The molecule has 0 radical (unpaired) electrons. The number of halogens is 3. The summed E-state index contributed by atoms with van der Waals surface area (Å²) >= 11 is 17.5. The number of hydrogen-bond donors (Lipinski definition) is 1. The Hall–Kier alpha value is -1.29. The standard InChI is InChI=1S/C12H7Cl3N2O/c13-7-1-2-10(15)9(5-7)12(18)17-11-6-8(14)3-4-16-11/h1-6H,(H,16,17,18). The first-order chi connectivity index (χ1) is 8.56. The number of amides is 1. The lowest BCUT2D eigenvalue weighted by molar-refractivity contribution is 0.102. The zero-order valence-corrected chi connectivity index (χ0v) is 11.2. The largest absolute Gasteiger partial charge is 0.306 e. The third kappa shape index (κ3) is 3.13. The van der Waals surface area contributed by atoms with E-state index in [1.165, 1.54) is 18.3 Å².